The number of amides is 1. The average molecular weight is 398 g/mol. The van der Waals surface area contributed by atoms with Gasteiger partial charge in [-0.05, 0) is 43.2 Å². The highest BCUT2D eigenvalue weighted by Gasteiger charge is 2.27. The zero-order valence-corrected chi connectivity index (χ0v) is 15.7. The third kappa shape index (κ3) is 3.49. The maximum Gasteiger partial charge on any atom is 0.412 e. The van der Waals surface area contributed by atoms with Crippen molar-refractivity contribution in [1.29, 1.82) is 0 Å². The summed E-state index contributed by atoms with van der Waals surface area (Å²) < 4.78 is 29.5. The minimum Gasteiger partial charge on any atom is -0.495 e. The number of furan rings is 1. The monoisotopic (exact) mass is 398 g/mol. The summed E-state index contributed by atoms with van der Waals surface area (Å²) in [5.74, 6) is -0.651. The fraction of sp³-hybridized carbons (Fsp3) is 0.238. The number of halogens is 1. The molecule has 1 aliphatic heterocycles. The van der Waals surface area contributed by atoms with Crippen molar-refractivity contribution in [3.63, 3.8) is 0 Å². The molecule has 1 saturated heterocycles. The van der Waals surface area contributed by atoms with Crippen LogP contribution in [0.3, 0.4) is 0 Å². The van der Waals surface area contributed by atoms with Gasteiger partial charge in [-0.3, -0.25) is 0 Å². The van der Waals surface area contributed by atoms with Crippen LogP contribution in [0.2, 0.25) is 0 Å². The molecule has 2 heterocycles. The second kappa shape index (κ2) is 7.46. The van der Waals surface area contributed by atoms with Crippen molar-refractivity contribution in [3.8, 4) is 17.1 Å². The van der Waals surface area contributed by atoms with Gasteiger partial charge in [0, 0.05) is 30.1 Å². The molecule has 1 aromatic heterocycles. The van der Waals surface area contributed by atoms with Crippen molar-refractivity contribution in [2.24, 2.45) is 5.73 Å². The number of primary amides is 1. The van der Waals surface area contributed by atoms with Crippen LogP contribution >= 0.6 is 0 Å². The lowest BCUT2D eigenvalue weighted by molar-refractivity contribution is 0.0640. The molecule has 0 aliphatic carbocycles. The molecule has 0 spiro atoms. The molecule has 0 bridgehead atoms. The maximum absolute atomic E-state index is 13.4. The Labute approximate surface area is 165 Å². The summed E-state index contributed by atoms with van der Waals surface area (Å²) in [5.41, 5.74) is 6.78. The molecule has 2 N–H and O–H groups in total. The molecular formula is C21H19FN2O5. The number of carbonyl (C=O) groups is 2. The van der Waals surface area contributed by atoms with E-state index in [1.165, 1.54) is 24.3 Å². The van der Waals surface area contributed by atoms with Crippen LogP contribution in [-0.4, -0.2) is 32.3 Å². The van der Waals surface area contributed by atoms with Gasteiger partial charge in [0.15, 0.2) is 0 Å². The minimum absolute atomic E-state index is 0.0247. The number of rotatable bonds is 4. The third-order valence-corrected chi connectivity index (χ3v) is 4.94. The van der Waals surface area contributed by atoms with Gasteiger partial charge in [0.25, 0.3) is 0 Å². The summed E-state index contributed by atoms with van der Waals surface area (Å²) in [5, 5.41) is 0.412. The number of benzene rings is 2. The summed E-state index contributed by atoms with van der Waals surface area (Å²) in [7, 11) is 1.54. The van der Waals surface area contributed by atoms with Gasteiger partial charge in [-0.25, -0.2) is 14.0 Å². The predicted octanol–water partition coefficient (Wildman–Crippen LogP) is 4.08. The van der Waals surface area contributed by atoms with Crippen LogP contribution in [0.15, 0.2) is 40.8 Å². The molecule has 29 heavy (non-hydrogen) atoms. The first-order valence-corrected chi connectivity index (χ1v) is 9.15. The number of esters is 1. The van der Waals surface area contributed by atoms with Crippen molar-refractivity contribution in [2.75, 3.05) is 25.1 Å². The quantitative estimate of drug-likeness (QED) is 0.526. The third-order valence-electron chi connectivity index (χ3n) is 4.94. The van der Waals surface area contributed by atoms with Crippen molar-refractivity contribution in [2.45, 2.75) is 12.8 Å². The van der Waals surface area contributed by atoms with Crippen molar-refractivity contribution >= 4 is 28.7 Å². The Balaban J connectivity index is 1.93. The first-order valence-electron chi connectivity index (χ1n) is 9.15. The number of ether oxygens (including phenoxy) is 2. The molecular weight excluding hydrogens is 379 g/mol. The Hall–Kier alpha value is -3.55. The maximum atomic E-state index is 13.4. The molecule has 0 atom stereocenters. The second-order valence-corrected chi connectivity index (χ2v) is 6.74. The number of methoxy groups -OCH3 is 1. The number of hydrogen-bond acceptors (Lipinski definition) is 6. The molecule has 1 fully saturated rings. The van der Waals surface area contributed by atoms with Gasteiger partial charge in [0.1, 0.15) is 28.5 Å². The lowest BCUT2D eigenvalue weighted by Crippen LogP contribution is -2.19. The Morgan fingerprint density at radius 3 is 2.45 bits per heavy atom. The van der Waals surface area contributed by atoms with Crippen LogP contribution in [0.25, 0.3) is 22.3 Å². The van der Waals surface area contributed by atoms with Gasteiger partial charge in [-0.2, -0.15) is 0 Å². The highest BCUT2D eigenvalue weighted by atomic mass is 19.1. The molecule has 1 aliphatic rings. The Morgan fingerprint density at radius 1 is 1.14 bits per heavy atom. The molecule has 7 nitrogen and oxygen atoms in total. The number of carbonyl (C=O) groups excluding carboxylic acids is 2. The van der Waals surface area contributed by atoms with Crippen LogP contribution in [0, 0.1) is 5.82 Å². The summed E-state index contributed by atoms with van der Waals surface area (Å²) in [6, 6.07) is 8.94. The standard InChI is InChI=1S/C21H19FN2O5/c1-27-17-10-14-16(11-15(17)24-8-2-3-9-24)28-19(12-4-6-13(22)7-5-12)18(14)20(25)29-21(23)26/h4-7,10-11H,2-3,8-9H2,1H3,(H2,23,26). The van der Waals surface area contributed by atoms with E-state index in [0.717, 1.165) is 31.6 Å². The SMILES string of the molecule is COc1cc2c(C(=O)OC(N)=O)c(-c3ccc(F)cc3)oc2cc1N1CCCC1. The number of hydrogen-bond donors (Lipinski definition) is 1. The smallest absolute Gasteiger partial charge is 0.412 e. The van der Waals surface area contributed by atoms with Crippen LogP contribution < -0.4 is 15.4 Å². The zero-order valence-electron chi connectivity index (χ0n) is 15.7. The summed E-state index contributed by atoms with van der Waals surface area (Å²) in [6.45, 7) is 1.79. The molecule has 4 rings (SSSR count). The van der Waals surface area contributed by atoms with E-state index < -0.39 is 17.9 Å². The largest absolute Gasteiger partial charge is 0.495 e. The molecule has 0 unspecified atom stereocenters. The molecule has 0 radical (unpaired) electrons. The number of nitrogens with zero attached hydrogens (tertiary/aromatic N) is 1. The van der Waals surface area contributed by atoms with E-state index >= 15 is 0 Å². The summed E-state index contributed by atoms with van der Waals surface area (Å²) in [6.07, 6.45) is 0.933. The Morgan fingerprint density at radius 2 is 1.83 bits per heavy atom. The van der Waals surface area contributed by atoms with Crippen LogP contribution in [0.5, 0.6) is 5.75 Å². The summed E-state index contributed by atoms with van der Waals surface area (Å²) >= 11 is 0. The molecule has 1 amide bonds. The van der Waals surface area contributed by atoms with Crippen molar-refractivity contribution in [3.05, 3.63) is 47.8 Å². The molecule has 2 aromatic carbocycles. The minimum atomic E-state index is -1.23. The van der Waals surface area contributed by atoms with Crippen LogP contribution in [-0.2, 0) is 4.74 Å². The van der Waals surface area contributed by atoms with Gasteiger partial charge >= 0.3 is 12.1 Å². The molecule has 8 heteroatoms. The second-order valence-electron chi connectivity index (χ2n) is 6.74. The molecule has 3 aromatic rings. The number of fused-ring (bicyclic) bond motifs is 1. The van der Waals surface area contributed by atoms with E-state index in [1.54, 1.807) is 19.2 Å². The van der Waals surface area contributed by atoms with E-state index in [1.807, 2.05) is 0 Å². The van der Waals surface area contributed by atoms with E-state index in [-0.39, 0.29) is 11.3 Å². The number of anilines is 1. The van der Waals surface area contributed by atoms with Gasteiger partial charge in [0.2, 0.25) is 0 Å². The fourth-order valence-corrected chi connectivity index (χ4v) is 3.63. The first-order chi connectivity index (χ1) is 14.0. The van der Waals surface area contributed by atoms with Crippen molar-refractivity contribution < 1.29 is 27.9 Å². The van der Waals surface area contributed by atoms with Crippen LogP contribution in [0.4, 0.5) is 14.9 Å². The van der Waals surface area contributed by atoms with Gasteiger partial charge in [-0.15, -0.1) is 0 Å². The van der Waals surface area contributed by atoms with Gasteiger partial charge in [0.05, 0.1) is 12.8 Å². The normalized spacial score (nSPS) is 13.7. The lowest BCUT2D eigenvalue weighted by Gasteiger charge is -2.20. The van der Waals surface area contributed by atoms with Crippen LogP contribution in [0.1, 0.15) is 23.2 Å². The van der Waals surface area contributed by atoms with E-state index in [4.69, 9.17) is 14.9 Å². The van der Waals surface area contributed by atoms with E-state index in [0.29, 0.717) is 22.3 Å². The molecule has 0 saturated carbocycles. The Kier molecular flexibility index (Phi) is 4.84. The lowest BCUT2D eigenvalue weighted by atomic mass is 10.0. The number of nitrogens with two attached hydrogens (primary N) is 1. The van der Waals surface area contributed by atoms with E-state index in [2.05, 4.69) is 9.64 Å². The van der Waals surface area contributed by atoms with Gasteiger partial charge < -0.3 is 24.5 Å². The Bertz CT molecular complexity index is 1080. The first kappa shape index (κ1) is 18.8. The predicted molar refractivity (Wildman–Crippen MR) is 105 cm³/mol. The molecule has 150 valence electrons. The van der Waals surface area contributed by atoms with E-state index in [9.17, 15) is 14.0 Å². The summed E-state index contributed by atoms with van der Waals surface area (Å²) in [4.78, 5) is 26.0. The zero-order chi connectivity index (χ0) is 20.5. The highest BCUT2D eigenvalue weighted by Crippen LogP contribution is 2.41. The topological polar surface area (TPSA) is 95.0 Å². The average Bonchev–Trinajstić information content (AvgIpc) is 3.34. The fourth-order valence-electron chi connectivity index (χ4n) is 3.63. The van der Waals surface area contributed by atoms with Crippen molar-refractivity contribution in [1.82, 2.24) is 0 Å². The highest BCUT2D eigenvalue weighted by molar-refractivity contribution is 6.12. The van der Waals surface area contributed by atoms with Gasteiger partial charge in [-0.1, -0.05) is 0 Å².